The molecule has 1 aliphatic rings. The van der Waals surface area contributed by atoms with Crippen molar-refractivity contribution in [2.45, 2.75) is 32.3 Å². The maximum atomic E-state index is 11.4. The first-order chi connectivity index (χ1) is 6.02. The largest absolute Gasteiger partial charge is 0.467 e. The number of Topliss-reactive ketones (excluding diaryl/α,β-unsaturated/α-hetero) is 1. The van der Waals surface area contributed by atoms with Crippen LogP contribution >= 0.6 is 0 Å². The number of carbonyl (C=O) groups is 2. The summed E-state index contributed by atoms with van der Waals surface area (Å²) in [7, 11) is 1.20. The van der Waals surface area contributed by atoms with E-state index in [1.54, 1.807) is 6.92 Å². The molecule has 0 heterocycles. The second kappa shape index (κ2) is 3.46. The fourth-order valence-electron chi connectivity index (χ4n) is 1.70. The third-order valence-corrected chi connectivity index (χ3v) is 2.76. The van der Waals surface area contributed by atoms with Gasteiger partial charge in [-0.3, -0.25) is 4.79 Å². The van der Waals surface area contributed by atoms with Gasteiger partial charge in [0.1, 0.15) is 5.78 Å². The first-order valence-electron chi connectivity index (χ1n) is 4.31. The number of rotatable bonds is 2. The molecule has 4 heteroatoms. The number of ketones is 1. The van der Waals surface area contributed by atoms with Crippen LogP contribution in [0.15, 0.2) is 0 Å². The minimum Gasteiger partial charge on any atom is -0.467 e. The Bertz CT molecular complexity index is 236. The van der Waals surface area contributed by atoms with Crippen molar-refractivity contribution >= 4 is 11.8 Å². The molecule has 4 nitrogen and oxygen atoms in total. The summed E-state index contributed by atoms with van der Waals surface area (Å²) in [5.74, 6) is -0.775. The topological polar surface area (TPSA) is 63.6 Å². The zero-order chi connectivity index (χ0) is 10.1. The molecule has 0 saturated heterocycles. The predicted molar refractivity (Wildman–Crippen MR) is 45.0 cm³/mol. The van der Waals surface area contributed by atoms with Crippen LogP contribution < -0.4 is 0 Å². The Morgan fingerprint density at radius 3 is 2.69 bits per heavy atom. The molecule has 1 aliphatic carbocycles. The normalized spacial score (nSPS) is 30.2. The standard InChI is InChI=1S/C9H14O4/c1-9(5-3-4-6(9)10)7(11)8(12)13-2/h7,11H,3-5H2,1-2H3/t7-,9+/m1/s1. The van der Waals surface area contributed by atoms with Gasteiger partial charge in [0.05, 0.1) is 12.5 Å². The van der Waals surface area contributed by atoms with E-state index < -0.39 is 17.5 Å². The molecular formula is C9H14O4. The number of hydrogen-bond donors (Lipinski definition) is 1. The molecule has 1 fully saturated rings. The van der Waals surface area contributed by atoms with Gasteiger partial charge >= 0.3 is 5.97 Å². The zero-order valence-corrected chi connectivity index (χ0v) is 7.87. The van der Waals surface area contributed by atoms with Gasteiger partial charge < -0.3 is 9.84 Å². The summed E-state index contributed by atoms with van der Waals surface area (Å²) in [6.07, 6.45) is 0.434. The molecular weight excluding hydrogens is 172 g/mol. The van der Waals surface area contributed by atoms with Crippen molar-refractivity contribution in [2.75, 3.05) is 7.11 Å². The van der Waals surface area contributed by atoms with Gasteiger partial charge in [0.15, 0.2) is 6.10 Å². The lowest BCUT2D eigenvalue weighted by Crippen LogP contribution is -2.42. The lowest BCUT2D eigenvalue weighted by atomic mass is 9.81. The van der Waals surface area contributed by atoms with Gasteiger partial charge in [-0.1, -0.05) is 0 Å². The van der Waals surface area contributed by atoms with Crippen molar-refractivity contribution in [3.8, 4) is 0 Å². The third-order valence-electron chi connectivity index (χ3n) is 2.76. The Morgan fingerprint density at radius 2 is 2.31 bits per heavy atom. The van der Waals surface area contributed by atoms with Gasteiger partial charge in [-0.15, -0.1) is 0 Å². The Morgan fingerprint density at radius 1 is 1.69 bits per heavy atom. The van der Waals surface area contributed by atoms with Gasteiger partial charge in [-0.25, -0.2) is 4.79 Å². The zero-order valence-electron chi connectivity index (χ0n) is 7.87. The van der Waals surface area contributed by atoms with E-state index in [9.17, 15) is 14.7 Å². The molecule has 0 spiro atoms. The molecule has 1 saturated carbocycles. The lowest BCUT2D eigenvalue weighted by Gasteiger charge is -2.25. The van der Waals surface area contributed by atoms with E-state index in [0.717, 1.165) is 6.42 Å². The van der Waals surface area contributed by atoms with E-state index in [1.807, 2.05) is 0 Å². The van der Waals surface area contributed by atoms with Crippen LogP contribution in [0.4, 0.5) is 0 Å². The molecule has 74 valence electrons. The molecule has 0 aromatic carbocycles. The summed E-state index contributed by atoms with van der Waals surface area (Å²) < 4.78 is 4.40. The first kappa shape index (κ1) is 10.2. The van der Waals surface area contributed by atoms with E-state index in [2.05, 4.69) is 4.74 Å². The summed E-state index contributed by atoms with van der Waals surface area (Å²) >= 11 is 0. The predicted octanol–water partition coefficient (Wildman–Crippen LogP) is 0.280. The van der Waals surface area contributed by atoms with Crippen LogP contribution in [0.5, 0.6) is 0 Å². The van der Waals surface area contributed by atoms with Gasteiger partial charge in [0.25, 0.3) is 0 Å². The summed E-state index contributed by atoms with van der Waals surface area (Å²) in [5.41, 5.74) is -0.924. The second-order valence-corrected chi connectivity index (χ2v) is 3.62. The average molecular weight is 186 g/mol. The fraction of sp³-hybridized carbons (Fsp3) is 0.778. The molecule has 0 unspecified atom stereocenters. The third kappa shape index (κ3) is 1.58. The fourth-order valence-corrected chi connectivity index (χ4v) is 1.70. The summed E-state index contributed by atoms with van der Waals surface area (Å²) in [6, 6.07) is 0. The van der Waals surface area contributed by atoms with Crippen LogP contribution in [0, 0.1) is 5.41 Å². The smallest absolute Gasteiger partial charge is 0.335 e. The van der Waals surface area contributed by atoms with Crippen molar-refractivity contribution in [1.82, 2.24) is 0 Å². The van der Waals surface area contributed by atoms with Gasteiger partial charge in [-0.05, 0) is 19.8 Å². The Kier molecular flexibility index (Phi) is 2.71. The number of aliphatic hydroxyl groups is 1. The number of aliphatic hydroxyl groups excluding tert-OH is 1. The molecule has 0 aromatic rings. The van der Waals surface area contributed by atoms with Crippen LogP contribution in [0.3, 0.4) is 0 Å². The SMILES string of the molecule is COC(=O)[C@@H](O)[C@@]1(C)CCCC1=O. The van der Waals surface area contributed by atoms with E-state index in [4.69, 9.17) is 0 Å². The molecule has 2 atom stereocenters. The molecule has 1 rings (SSSR count). The minimum atomic E-state index is -1.31. The molecule has 0 amide bonds. The molecule has 0 aromatic heterocycles. The first-order valence-corrected chi connectivity index (χ1v) is 4.31. The average Bonchev–Trinajstić information content (AvgIpc) is 2.46. The van der Waals surface area contributed by atoms with E-state index in [0.29, 0.717) is 12.8 Å². The highest BCUT2D eigenvalue weighted by Crippen LogP contribution is 2.37. The van der Waals surface area contributed by atoms with Gasteiger partial charge in [0.2, 0.25) is 0 Å². The molecule has 0 aliphatic heterocycles. The van der Waals surface area contributed by atoms with Crippen molar-refractivity contribution in [1.29, 1.82) is 0 Å². The molecule has 13 heavy (non-hydrogen) atoms. The Balaban J connectivity index is 2.79. The van der Waals surface area contributed by atoms with Crippen LogP contribution in [-0.2, 0) is 14.3 Å². The number of carbonyl (C=O) groups excluding carboxylic acids is 2. The maximum absolute atomic E-state index is 11.4. The van der Waals surface area contributed by atoms with Gasteiger partial charge in [-0.2, -0.15) is 0 Å². The van der Waals surface area contributed by atoms with Crippen molar-refractivity contribution in [3.05, 3.63) is 0 Å². The highest BCUT2D eigenvalue weighted by molar-refractivity contribution is 5.92. The molecule has 1 N–H and O–H groups in total. The second-order valence-electron chi connectivity index (χ2n) is 3.62. The highest BCUT2D eigenvalue weighted by Gasteiger charge is 2.47. The van der Waals surface area contributed by atoms with E-state index in [1.165, 1.54) is 7.11 Å². The van der Waals surface area contributed by atoms with E-state index >= 15 is 0 Å². The van der Waals surface area contributed by atoms with Crippen LogP contribution in [-0.4, -0.2) is 30.1 Å². The lowest BCUT2D eigenvalue weighted by molar-refractivity contribution is -0.160. The molecule has 0 bridgehead atoms. The van der Waals surface area contributed by atoms with Crippen LogP contribution in [0.25, 0.3) is 0 Å². The van der Waals surface area contributed by atoms with Crippen molar-refractivity contribution in [3.63, 3.8) is 0 Å². The van der Waals surface area contributed by atoms with Crippen LogP contribution in [0.1, 0.15) is 26.2 Å². The van der Waals surface area contributed by atoms with Crippen molar-refractivity contribution < 1.29 is 19.4 Å². The highest BCUT2D eigenvalue weighted by atomic mass is 16.5. The van der Waals surface area contributed by atoms with Gasteiger partial charge in [0, 0.05) is 6.42 Å². The Labute approximate surface area is 76.9 Å². The summed E-state index contributed by atoms with van der Waals surface area (Å²) in [4.78, 5) is 22.4. The van der Waals surface area contributed by atoms with Crippen LogP contribution in [0.2, 0.25) is 0 Å². The number of methoxy groups -OCH3 is 1. The number of esters is 1. The quantitative estimate of drug-likeness (QED) is 0.629. The minimum absolute atomic E-state index is 0.0506. The number of ether oxygens (including phenoxy) is 1. The van der Waals surface area contributed by atoms with Crippen molar-refractivity contribution in [2.24, 2.45) is 5.41 Å². The summed E-state index contributed by atoms with van der Waals surface area (Å²) in [5, 5.41) is 9.55. The molecule has 0 radical (unpaired) electrons. The summed E-state index contributed by atoms with van der Waals surface area (Å²) in [6.45, 7) is 1.62. The maximum Gasteiger partial charge on any atom is 0.335 e. The number of hydrogen-bond acceptors (Lipinski definition) is 4. The van der Waals surface area contributed by atoms with E-state index in [-0.39, 0.29) is 5.78 Å². The monoisotopic (exact) mass is 186 g/mol. The Hall–Kier alpha value is -0.900.